The molecule has 0 saturated carbocycles. The van der Waals surface area contributed by atoms with Crippen molar-refractivity contribution in [2.24, 2.45) is 0 Å². The molecule has 4 unspecified atom stereocenters. The van der Waals surface area contributed by atoms with Crippen molar-refractivity contribution in [1.29, 1.82) is 0 Å². The predicted molar refractivity (Wildman–Crippen MR) is 235 cm³/mol. The molecule has 0 amide bonds. The van der Waals surface area contributed by atoms with Crippen molar-refractivity contribution in [3.8, 4) is 46.0 Å². The Morgan fingerprint density at radius 3 is 1.23 bits per heavy atom. The second kappa shape index (κ2) is 16.7. The van der Waals surface area contributed by atoms with Crippen LogP contribution in [0.3, 0.4) is 0 Å². The minimum absolute atomic E-state index is 0.0478. The Morgan fingerprint density at radius 2 is 0.792 bits per heavy atom. The van der Waals surface area contributed by atoms with E-state index in [2.05, 4.69) is 120 Å². The lowest BCUT2D eigenvalue weighted by Gasteiger charge is -2.38. The van der Waals surface area contributed by atoms with Crippen LogP contribution >= 0.6 is 80.4 Å². The maximum absolute atomic E-state index is 6.16. The number of rotatable bonds is 10. The van der Waals surface area contributed by atoms with Crippen molar-refractivity contribution < 1.29 is 23.7 Å². The summed E-state index contributed by atoms with van der Waals surface area (Å²) in [5.41, 5.74) is 4.37. The molecule has 268 valence electrons. The largest absolute Gasteiger partial charge is 0.466 e. The molecule has 0 saturated heterocycles. The minimum Gasteiger partial charge on any atom is -0.466 e. The average molecular weight is 1060 g/mol. The monoisotopic (exact) mass is 1060 g/mol. The van der Waals surface area contributed by atoms with Crippen LogP contribution in [-0.4, -0.2) is 19.6 Å². The molecule has 6 aromatic rings. The third-order valence-corrected chi connectivity index (χ3v) is 13.0. The van der Waals surface area contributed by atoms with E-state index in [0.29, 0.717) is 18.0 Å². The van der Waals surface area contributed by atoms with Crippen LogP contribution in [0.5, 0.6) is 46.0 Å². The molecule has 0 aromatic heterocycles. The molecular formula is C42H33I3N2O5S. The maximum atomic E-state index is 6.16. The summed E-state index contributed by atoms with van der Waals surface area (Å²) in [6, 6.07) is 47.9. The highest BCUT2D eigenvalue weighted by Gasteiger charge is 2.33. The Hall–Kier alpha value is -3.22. The van der Waals surface area contributed by atoms with Crippen LogP contribution in [0.1, 0.15) is 30.4 Å². The fourth-order valence-corrected chi connectivity index (χ4v) is 10.1. The van der Waals surface area contributed by atoms with Crippen LogP contribution in [-0.2, 0) is 13.1 Å². The van der Waals surface area contributed by atoms with Gasteiger partial charge in [-0.1, -0.05) is 106 Å². The van der Waals surface area contributed by atoms with E-state index in [4.69, 9.17) is 36.3 Å². The highest BCUT2D eigenvalue weighted by molar-refractivity contribution is 14.1. The first-order valence-corrected chi connectivity index (χ1v) is 21.2. The van der Waals surface area contributed by atoms with E-state index < -0.39 is 0 Å². The standard InChI is InChI=1S/C42H33I3N2O5S/c43-39-35-5-1-3-7-37(35)51-41(45)46(39)25-27-9-13-29(14-10-27)48-31-17-21-33(22-18-31)50-34-23-19-32(20-24-34)49-30-15-11-28(12-16-30)26-47-40(44)36-6-2-4-8-38(36)52-42(47)53/h1-24,39-42,53H,25-26H2. The first-order valence-electron chi connectivity index (χ1n) is 16.9. The van der Waals surface area contributed by atoms with Gasteiger partial charge in [0.25, 0.3) is 0 Å². The summed E-state index contributed by atoms with van der Waals surface area (Å²) in [7, 11) is 0. The smallest absolute Gasteiger partial charge is 0.206 e. The van der Waals surface area contributed by atoms with Crippen LogP contribution < -0.4 is 23.7 Å². The van der Waals surface area contributed by atoms with Gasteiger partial charge < -0.3 is 23.7 Å². The van der Waals surface area contributed by atoms with E-state index in [1.807, 2.05) is 103 Å². The summed E-state index contributed by atoms with van der Waals surface area (Å²) in [5.74, 6) is 6.25. The number of thiol groups is 1. The summed E-state index contributed by atoms with van der Waals surface area (Å²) < 4.78 is 30.9. The Balaban J connectivity index is 0.815. The number of alkyl halides is 3. The Kier molecular flexibility index (Phi) is 11.5. The van der Waals surface area contributed by atoms with Gasteiger partial charge in [-0.15, -0.1) is 12.6 Å². The van der Waals surface area contributed by atoms with E-state index in [9.17, 15) is 0 Å². The molecule has 53 heavy (non-hydrogen) atoms. The Morgan fingerprint density at radius 1 is 0.453 bits per heavy atom. The molecule has 0 spiro atoms. The van der Waals surface area contributed by atoms with Gasteiger partial charge in [0.1, 0.15) is 46.0 Å². The molecule has 11 heteroatoms. The summed E-state index contributed by atoms with van der Waals surface area (Å²) >= 11 is 12.0. The molecule has 2 heterocycles. The third kappa shape index (κ3) is 8.70. The normalized spacial score (nSPS) is 19.6. The van der Waals surface area contributed by atoms with Crippen molar-refractivity contribution in [2.45, 2.75) is 31.0 Å². The van der Waals surface area contributed by atoms with Gasteiger partial charge in [-0.3, -0.25) is 0 Å². The van der Waals surface area contributed by atoms with Gasteiger partial charge in [0, 0.05) is 24.2 Å². The predicted octanol–water partition coefficient (Wildman–Crippen LogP) is 12.7. The number of halogens is 3. The molecule has 8 rings (SSSR count). The van der Waals surface area contributed by atoms with Gasteiger partial charge in [-0.2, -0.15) is 0 Å². The molecule has 0 N–H and O–H groups in total. The van der Waals surface area contributed by atoms with E-state index in [1.165, 1.54) is 11.1 Å². The Bertz CT molecular complexity index is 2000. The number of benzene rings is 6. The lowest BCUT2D eigenvalue weighted by atomic mass is 10.1. The zero-order valence-corrected chi connectivity index (χ0v) is 35.5. The molecule has 0 aliphatic carbocycles. The van der Waals surface area contributed by atoms with E-state index >= 15 is 0 Å². The Labute approximate surface area is 355 Å². The molecule has 6 aromatic carbocycles. The van der Waals surface area contributed by atoms with Gasteiger partial charge in [0.15, 0.2) is 5.56 Å². The van der Waals surface area contributed by atoms with Gasteiger partial charge in [-0.05, 0) is 119 Å². The second-order valence-electron chi connectivity index (χ2n) is 12.5. The minimum atomic E-state index is -0.322. The van der Waals surface area contributed by atoms with Gasteiger partial charge in [0.05, 0.1) is 8.10 Å². The number of ether oxygens (including phenoxy) is 5. The summed E-state index contributed by atoms with van der Waals surface area (Å²) in [5, 5.41) is 0. The topological polar surface area (TPSA) is 52.6 Å². The van der Waals surface area contributed by atoms with Gasteiger partial charge >= 0.3 is 0 Å². The highest BCUT2D eigenvalue weighted by atomic mass is 127. The zero-order chi connectivity index (χ0) is 36.3. The summed E-state index contributed by atoms with van der Waals surface area (Å²) in [6.45, 7) is 1.47. The number of hydrogen-bond donors (Lipinski definition) is 1. The van der Waals surface area contributed by atoms with Gasteiger partial charge in [-0.25, -0.2) is 9.80 Å². The summed E-state index contributed by atoms with van der Waals surface area (Å²) in [4.78, 5) is 4.55. The second-order valence-corrected chi connectivity index (χ2v) is 16.3. The number of fused-ring (bicyclic) bond motifs is 2. The average Bonchev–Trinajstić information content (AvgIpc) is 3.18. The maximum Gasteiger partial charge on any atom is 0.206 e. The molecule has 0 fully saturated rings. The fraction of sp³-hybridized carbons (Fsp3) is 0.143. The fourth-order valence-electron chi connectivity index (χ4n) is 6.11. The lowest BCUT2D eigenvalue weighted by Crippen LogP contribution is -2.39. The molecule has 2 aliphatic heterocycles. The SMILES string of the molecule is SC1Oc2ccccc2C(I)N1Cc1ccc(Oc2ccc(Oc3ccc(Oc4ccc(CN5C(I)Oc6ccccc6C5I)cc4)cc3)cc2)cc1. The molecule has 0 radical (unpaired) electrons. The first kappa shape index (κ1) is 36.7. The third-order valence-electron chi connectivity index (χ3n) is 8.87. The van der Waals surface area contributed by atoms with Crippen molar-refractivity contribution in [2.75, 3.05) is 0 Å². The van der Waals surface area contributed by atoms with Crippen molar-refractivity contribution >= 4 is 80.4 Å². The van der Waals surface area contributed by atoms with Crippen LogP contribution in [0.2, 0.25) is 0 Å². The van der Waals surface area contributed by atoms with Crippen LogP contribution in [0.15, 0.2) is 146 Å². The highest BCUT2D eigenvalue weighted by Crippen LogP contribution is 2.44. The molecule has 0 bridgehead atoms. The molecule has 7 nitrogen and oxygen atoms in total. The van der Waals surface area contributed by atoms with E-state index in [-0.39, 0.29) is 17.9 Å². The quantitative estimate of drug-likeness (QED) is 0.0635. The summed E-state index contributed by atoms with van der Waals surface area (Å²) in [6.07, 6.45) is 0. The molecule has 2 aliphatic rings. The van der Waals surface area contributed by atoms with Crippen molar-refractivity contribution in [3.05, 3.63) is 168 Å². The van der Waals surface area contributed by atoms with Crippen LogP contribution in [0.4, 0.5) is 0 Å². The first-order chi connectivity index (χ1) is 25.9. The van der Waals surface area contributed by atoms with Crippen molar-refractivity contribution in [1.82, 2.24) is 9.80 Å². The number of nitrogens with zero attached hydrogens (tertiary/aromatic N) is 2. The van der Waals surface area contributed by atoms with E-state index in [1.54, 1.807) is 0 Å². The van der Waals surface area contributed by atoms with Gasteiger partial charge in [0.2, 0.25) is 4.23 Å². The number of hydrogen-bond acceptors (Lipinski definition) is 8. The van der Waals surface area contributed by atoms with Crippen molar-refractivity contribution in [3.63, 3.8) is 0 Å². The molecule has 4 atom stereocenters. The number of para-hydroxylation sites is 2. The van der Waals surface area contributed by atoms with E-state index in [0.717, 1.165) is 52.2 Å². The zero-order valence-electron chi connectivity index (χ0n) is 28.1. The lowest BCUT2D eigenvalue weighted by molar-refractivity contribution is 0.0629. The van der Waals surface area contributed by atoms with Crippen LogP contribution in [0, 0.1) is 0 Å². The molecular weight excluding hydrogens is 1030 g/mol. The van der Waals surface area contributed by atoms with Crippen LogP contribution in [0.25, 0.3) is 0 Å².